The molecule has 0 spiro atoms. The number of ether oxygens (including phenoxy) is 1. The first-order chi connectivity index (χ1) is 6.83. The van der Waals surface area contributed by atoms with Gasteiger partial charge in [-0.05, 0) is 54.6 Å². The van der Waals surface area contributed by atoms with Crippen molar-refractivity contribution in [3.63, 3.8) is 0 Å². The van der Waals surface area contributed by atoms with Gasteiger partial charge in [-0.25, -0.2) is 0 Å². The Morgan fingerprint density at radius 2 is 2.13 bits per heavy atom. The maximum atomic E-state index is 11.1. The molecular weight excluding hydrogens is 373 g/mol. The fourth-order valence-corrected chi connectivity index (χ4v) is 2.30. The largest absolute Gasteiger partial charge is 0.477 e. The molecule has 0 fully saturated rings. The van der Waals surface area contributed by atoms with Crippen molar-refractivity contribution in [3.05, 3.63) is 26.2 Å². The van der Waals surface area contributed by atoms with Gasteiger partial charge in [0.1, 0.15) is 5.75 Å². The number of carbonyl (C=O) groups is 1. The molecule has 0 aromatic heterocycles. The van der Waals surface area contributed by atoms with Crippen LogP contribution in [0.1, 0.15) is 13.8 Å². The summed E-state index contributed by atoms with van der Waals surface area (Å²) in [7, 11) is 0. The van der Waals surface area contributed by atoms with E-state index in [1.165, 1.54) is 0 Å². The predicted octanol–water partition coefficient (Wildman–Crippen LogP) is 2.70. The Balaban J connectivity index is 2.95. The number of nitrogens with two attached hydrogens (primary N) is 1. The van der Waals surface area contributed by atoms with Crippen molar-refractivity contribution in [2.24, 2.45) is 5.73 Å². The molecule has 0 heterocycles. The van der Waals surface area contributed by atoms with Crippen molar-refractivity contribution in [1.82, 2.24) is 0 Å². The van der Waals surface area contributed by atoms with Gasteiger partial charge in [-0.1, -0.05) is 15.9 Å². The van der Waals surface area contributed by atoms with Crippen LogP contribution in [0.15, 0.2) is 22.7 Å². The molecule has 0 saturated heterocycles. The van der Waals surface area contributed by atoms with Crippen molar-refractivity contribution >= 4 is 44.4 Å². The fraction of sp³-hybridized carbons (Fsp3) is 0.300. The number of rotatable bonds is 3. The Labute approximate surface area is 111 Å². The SMILES string of the molecule is CC(C)(Oc1ccc(Br)cc1I)C(N)=O. The average molecular weight is 384 g/mol. The average Bonchev–Trinajstić information content (AvgIpc) is 2.09. The summed E-state index contributed by atoms with van der Waals surface area (Å²) >= 11 is 5.50. The first-order valence-electron chi connectivity index (χ1n) is 4.27. The first kappa shape index (κ1) is 12.8. The first-order valence-corrected chi connectivity index (χ1v) is 6.14. The molecule has 0 radical (unpaired) electrons. The highest BCUT2D eigenvalue weighted by Crippen LogP contribution is 2.27. The minimum absolute atomic E-state index is 0.485. The summed E-state index contributed by atoms with van der Waals surface area (Å²) in [6, 6.07) is 5.57. The van der Waals surface area contributed by atoms with Gasteiger partial charge in [0.05, 0.1) is 3.57 Å². The van der Waals surface area contributed by atoms with Crippen LogP contribution in [-0.4, -0.2) is 11.5 Å². The van der Waals surface area contributed by atoms with Crippen molar-refractivity contribution in [1.29, 1.82) is 0 Å². The zero-order chi connectivity index (χ0) is 11.6. The van der Waals surface area contributed by atoms with E-state index in [0.29, 0.717) is 5.75 Å². The molecule has 0 aliphatic rings. The van der Waals surface area contributed by atoms with E-state index >= 15 is 0 Å². The molecule has 1 aromatic carbocycles. The van der Waals surface area contributed by atoms with Gasteiger partial charge in [0.2, 0.25) is 0 Å². The second-order valence-electron chi connectivity index (χ2n) is 3.55. The lowest BCUT2D eigenvalue weighted by atomic mass is 10.1. The number of carbonyl (C=O) groups excluding carboxylic acids is 1. The predicted molar refractivity (Wildman–Crippen MR) is 70.8 cm³/mol. The lowest BCUT2D eigenvalue weighted by Gasteiger charge is -2.23. The van der Waals surface area contributed by atoms with E-state index in [4.69, 9.17) is 10.5 Å². The highest BCUT2D eigenvalue weighted by Gasteiger charge is 2.27. The summed E-state index contributed by atoms with van der Waals surface area (Å²) in [6.45, 7) is 3.29. The Morgan fingerprint density at radius 1 is 1.53 bits per heavy atom. The van der Waals surface area contributed by atoms with E-state index in [1.807, 2.05) is 12.1 Å². The molecular formula is C10H11BrINO2. The van der Waals surface area contributed by atoms with Crippen molar-refractivity contribution in [2.75, 3.05) is 0 Å². The van der Waals surface area contributed by atoms with Crippen LogP contribution in [0, 0.1) is 3.57 Å². The number of halogens is 2. The van der Waals surface area contributed by atoms with Crippen LogP contribution in [0.2, 0.25) is 0 Å². The Hall–Kier alpha value is -0.300. The summed E-state index contributed by atoms with van der Waals surface area (Å²) in [6.07, 6.45) is 0. The van der Waals surface area contributed by atoms with Crippen molar-refractivity contribution in [3.8, 4) is 5.75 Å². The van der Waals surface area contributed by atoms with Crippen molar-refractivity contribution in [2.45, 2.75) is 19.4 Å². The second-order valence-corrected chi connectivity index (χ2v) is 5.63. The van der Waals surface area contributed by atoms with Crippen molar-refractivity contribution < 1.29 is 9.53 Å². The van der Waals surface area contributed by atoms with Crippen LogP contribution in [0.4, 0.5) is 0 Å². The van der Waals surface area contributed by atoms with Crippen LogP contribution < -0.4 is 10.5 Å². The highest BCUT2D eigenvalue weighted by molar-refractivity contribution is 14.1. The molecule has 15 heavy (non-hydrogen) atoms. The van der Waals surface area contributed by atoms with E-state index in [1.54, 1.807) is 19.9 Å². The molecule has 3 nitrogen and oxygen atoms in total. The Kier molecular flexibility index (Phi) is 3.99. The molecule has 0 unspecified atom stereocenters. The lowest BCUT2D eigenvalue weighted by Crippen LogP contribution is -2.43. The molecule has 82 valence electrons. The van der Waals surface area contributed by atoms with Gasteiger partial charge in [0.15, 0.2) is 5.60 Å². The number of primary amides is 1. The minimum Gasteiger partial charge on any atom is -0.477 e. The highest BCUT2D eigenvalue weighted by atomic mass is 127. The maximum absolute atomic E-state index is 11.1. The summed E-state index contributed by atoms with van der Waals surface area (Å²) in [5.74, 6) is 0.170. The molecule has 2 N–H and O–H groups in total. The van der Waals surface area contributed by atoms with Gasteiger partial charge in [0, 0.05) is 4.47 Å². The maximum Gasteiger partial charge on any atom is 0.261 e. The fourth-order valence-electron chi connectivity index (χ4n) is 0.883. The molecule has 1 aromatic rings. The van der Waals surface area contributed by atoms with Crippen LogP contribution >= 0.6 is 38.5 Å². The molecule has 0 bridgehead atoms. The molecule has 0 atom stereocenters. The third kappa shape index (κ3) is 3.34. The normalized spacial score (nSPS) is 11.2. The van der Waals surface area contributed by atoms with Crippen LogP contribution in [0.3, 0.4) is 0 Å². The molecule has 0 aliphatic carbocycles. The van der Waals surface area contributed by atoms with Crippen LogP contribution in [0.25, 0.3) is 0 Å². The molecule has 1 rings (SSSR count). The monoisotopic (exact) mass is 383 g/mol. The molecule has 0 saturated carbocycles. The third-order valence-corrected chi connectivity index (χ3v) is 3.19. The topological polar surface area (TPSA) is 52.3 Å². The van der Waals surface area contributed by atoms with E-state index in [2.05, 4.69) is 38.5 Å². The molecule has 5 heteroatoms. The zero-order valence-electron chi connectivity index (χ0n) is 8.38. The minimum atomic E-state index is -0.992. The van der Waals surface area contributed by atoms with Gasteiger partial charge in [-0.3, -0.25) is 4.79 Å². The Morgan fingerprint density at radius 3 is 2.60 bits per heavy atom. The third-order valence-electron chi connectivity index (χ3n) is 1.85. The summed E-state index contributed by atoms with van der Waals surface area (Å²) < 4.78 is 7.44. The quantitative estimate of drug-likeness (QED) is 0.816. The van der Waals surface area contributed by atoms with Gasteiger partial charge in [-0.2, -0.15) is 0 Å². The van der Waals surface area contributed by atoms with Crippen LogP contribution in [-0.2, 0) is 4.79 Å². The summed E-state index contributed by atoms with van der Waals surface area (Å²) in [5, 5.41) is 0. The second kappa shape index (κ2) is 4.69. The number of hydrogen-bond donors (Lipinski definition) is 1. The van der Waals surface area contributed by atoms with E-state index in [0.717, 1.165) is 8.04 Å². The zero-order valence-corrected chi connectivity index (χ0v) is 12.1. The summed E-state index contributed by atoms with van der Waals surface area (Å²) in [5.41, 5.74) is 4.23. The Bertz CT molecular complexity index is 393. The smallest absolute Gasteiger partial charge is 0.261 e. The molecule has 1 amide bonds. The molecule has 0 aliphatic heterocycles. The standard InChI is InChI=1S/C10H11BrINO2/c1-10(2,9(13)14)15-8-4-3-6(11)5-7(8)12/h3-5H,1-2H3,(H2,13,14). The van der Waals surface area contributed by atoms with Gasteiger partial charge in [0.25, 0.3) is 5.91 Å². The number of benzene rings is 1. The lowest BCUT2D eigenvalue weighted by molar-refractivity contribution is -0.130. The number of amides is 1. The van der Waals surface area contributed by atoms with Gasteiger partial charge >= 0.3 is 0 Å². The summed E-state index contributed by atoms with van der Waals surface area (Å²) in [4.78, 5) is 11.1. The van der Waals surface area contributed by atoms with E-state index < -0.39 is 11.5 Å². The van der Waals surface area contributed by atoms with E-state index in [-0.39, 0.29) is 0 Å². The number of hydrogen-bond acceptors (Lipinski definition) is 2. The van der Waals surface area contributed by atoms with Gasteiger partial charge in [-0.15, -0.1) is 0 Å². The van der Waals surface area contributed by atoms with Crippen LogP contribution in [0.5, 0.6) is 5.75 Å². The van der Waals surface area contributed by atoms with E-state index in [9.17, 15) is 4.79 Å². The van der Waals surface area contributed by atoms with Gasteiger partial charge < -0.3 is 10.5 Å².